The van der Waals surface area contributed by atoms with Crippen molar-refractivity contribution in [1.29, 1.82) is 5.26 Å². The van der Waals surface area contributed by atoms with Gasteiger partial charge in [0.1, 0.15) is 5.78 Å². The molecule has 0 aromatic rings. The number of carbonyl (C=O) groups is 1. The maximum absolute atomic E-state index is 11.8. The summed E-state index contributed by atoms with van der Waals surface area (Å²) in [4.78, 5) is 11.8. The quantitative estimate of drug-likeness (QED) is 0.650. The normalized spacial score (nSPS) is 37.5. The van der Waals surface area contributed by atoms with Crippen LogP contribution in [0.5, 0.6) is 0 Å². The Bertz CT molecular complexity index is 266. The highest BCUT2D eigenvalue weighted by molar-refractivity contribution is 5.87. The van der Waals surface area contributed by atoms with Crippen LogP contribution < -0.4 is 0 Å². The largest absolute Gasteiger partial charge is 0.299 e. The van der Waals surface area contributed by atoms with Crippen molar-refractivity contribution >= 4 is 5.78 Å². The third kappa shape index (κ3) is 1.18. The minimum absolute atomic E-state index is 0.0459. The van der Waals surface area contributed by atoms with E-state index in [1.54, 1.807) is 0 Å². The van der Waals surface area contributed by atoms with Gasteiger partial charge in [0, 0.05) is 18.3 Å². The Labute approximate surface area is 78.9 Å². The van der Waals surface area contributed by atoms with Crippen molar-refractivity contribution in [2.45, 2.75) is 44.9 Å². The first-order valence-electron chi connectivity index (χ1n) is 5.20. The van der Waals surface area contributed by atoms with Gasteiger partial charge in [-0.3, -0.25) is 4.79 Å². The molecule has 2 heteroatoms. The van der Waals surface area contributed by atoms with E-state index in [1.165, 1.54) is 12.8 Å². The molecule has 0 spiro atoms. The van der Waals surface area contributed by atoms with Crippen molar-refractivity contribution in [1.82, 2.24) is 0 Å². The fourth-order valence-corrected chi connectivity index (χ4v) is 3.23. The number of ketones is 1. The molecular weight excluding hydrogens is 162 g/mol. The van der Waals surface area contributed by atoms with Crippen LogP contribution in [0, 0.1) is 22.7 Å². The molecule has 0 N–H and O–H groups in total. The Kier molecular flexibility index (Phi) is 2.11. The Morgan fingerprint density at radius 1 is 1.54 bits per heavy atom. The Morgan fingerprint density at radius 2 is 2.38 bits per heavy atom. The lowest BCUT2D eigenvalue weighted by Gasteiger charge is -2.26. The van der Waals surface area contributed by atoms with Crippen LogP contribution in [0.4, 0.5) is 0 Å². The summed E-state index contributed by atoms with van der Waals surface area (Å²) in [5, 5.41) is 8.57. The van der Waals surface area contributed by atoms with Gasteiger partial charge in [0.15, 0.2) is 0 Å². The third-order valence-electron chi connectivity index (χ3n) is 3.92. The number of fused-ring (bicyclic) bond motifs is 1. The molecule has 2 fully saturated rings. The molecule has 2 aliphatic rings. The molecule has 0 aliphatic heterocycles. The molecule has 0 amide bonds. The maximum atomic E-state index is 11.8. The summed E-state index contributed by atoms with van der Waals surface area (Å²) in [7, 11) is 0. The molecular formula is C11H15NO. The van der Waals surface area contributed by atoms with Crippen LogP contribution in [-0.2, 0) is 4.79 Å². The molecule has 2 rings (SSSR count). The molecule has 70 valence electrons. The van der Waals surface area contributed by atoms with E-state index < -0.39 is 0 Å². The molecule has 0 aromatic heterocycles. The van der Waals surface area contributed by atoms with Gasteiger partial charge in [0.2, 0.25) is 0 Å². The minimum Gasteiger partial charge on any atom is -0.299 e. The van der Waals surface area contributed by atoms with Crippen molar-refractivity contribution in [2.24, 2.45) is 11.3 Å². The predicted molar refractivity (Wildman–Crippen MR) is 48.9 cm³/mol. The molecule has 13 heavy (non-hydrogen) atoms. The molecule has 2 nitrogen and oxygen atoms in total. The molecule has 0 radical (unpaired) electrons. The Hall–Kier alpha value is -0.840. The average Bonchev–Trinajstić information content (AvgIpc) is 2.65. The molecule has 0 unspecified atom stereocenters. The molecule has 0 saturated heterocycles. The van der Waals surface area contributed by atoms with Crippen molar-refractivity contribution in [3.63, 3.8) is 0 Å². The lowest BCUT2D eigenvalue weighted by Crippen LogP contribution is -2.27. The van der Waals surface area contributed by atoms with Gasteiger partial charge >= 0.3 is 0 Å². The monoisotopic (exact) mass is 177 g/mol. The lowest BCUT2D eigenvalue weighted by molar-refractivity contribution is -0.126. The summed E-state index contributed by atoms with van der Waals surface area (Å²) in [6.07, 6.45) is 6.72. The molecule has 2 saturated carbocycles. The highest BCUT2D eigenvalue weighted by Crippen LogP contribution is 2.54. The lowest BCUT2D eigenvalue weighted by atomic mass is 9.76. The first-order chi connectivity index (χ1) is 6.29. The minimum atomic E-state index is -0.0459. The molecule has 0 heterocycles. The number of carbonyl (C=O) groups excluding carboxylic acids is 1. The van der Waals surface area contributed by atoms with E-state index in [9.17, 15) is 4.79 Å². The van der Waals surface area contributed by atoms with Gasteiger partial charge in [-0.25, -0.2) is 0 Å². The summed E-state index contributed by atoms with van der Waals surface area (Å²) in [5.41, 5.74) is -0.0459. The second kappa shape index (κ2) is 3.14. The van der Waals surface area contributed by atoms with Gasteiger partial charge in [-0.05, 0) is 31.6 Å². The van der Waals surface area contributed by atoms with Crippen LogP contribution in [0.1, 0.15) is 44.9 Å². The fourth-order valence-electron chi connectivity index (χ4n) is 3.23. The van der Waals surface area contributed by atoms with Gasteiger partial charge in [0.05, 0.1) is 6.07 Å². The second-order valence-corrected chi connectivity index (χ2v) is 4.37. The number of hydrogen-bond acceptors (Lipinski definition) is 2. The highest BCUT2D eigenvalue weighted by Gasteiger charge is 2.51. The molecule has 0 bridgehead atoms. The van der Waals surface area contributed by atoms with Gasteiger partial charge in [0.25, 0.3) is 0 Å². The standard InChI is InChI=1S/C11H15NO/c12-8-2-7-11-6-1-3-9(11)4-5-10(11)13/h9H,1-7H2/t9-,11+/m0/s1. The smallest absolute Gasteiger partial charge is 0.139 e. The number of nitriles is 1. The highest BCUT2D eigenvalue weighted by atomic mass is 16.1. The zero-order valence-electron chi connectivity index (χ0n) is 7.88. The summed E-state index contributed by atoms with van der Waals surface area (Å²) in [6, 6.07) is 2.17. The first kappa shape index (κ1) is 8.74. The van der Waals surface area contributed by atoms with Crippen molar-refractivity contribution in [3.05, 3.63) is 0 Å². The van der Waals surface area contributed by atoms with Crippen LogP contribution in [0.3, 0.4) is 0 Å². The van der Waals surface area contributed by atoms with Crippen molar-refractivity contribution in [3.8, 4) is 6.07 Å². The van der Waals surface area contributed by atoms with Gasteiger partial charge < -0.3 is 0 Å². The van der Waals surface area contributed by atoms with E-state index in [2.05, 4.69) is 6.07 Å². The second-order valence-electron chi connectivity index (χ2n) is 4.37. The number of hydrogen-bond donors (Lipinski definition) is 0. The summed E-state index contributed by atoms with van der Waals surface area (Å²) in [6.45, 7) is 0. The van der Waals surface area contributed by atoms with Crippen LogP contribution >= 0.6 is 0 Å². The summed E-state index contributed by atoms with van der Waals surface area (Å²) in [5.74, 6) is 1.07. The molecule has 0 aromatic carbocycles. The molecule has 2 atom stereocenters. The van der Waals surface area contributed by atoms with E-state index in [0.29, 0.717) is 18.1 Å². The first-order valence-corrected chi connectivity index (χ1v) is 5.20. The predicted octanol–water partition coefficient (Wildman–Crippen LogP) is 2.44. The third-order valence-corrected chi connectivity index (χ3v) is 3.92. The van der Waals surface area contributed by atoms with E-state index in [0.717, 1.165) is 25.7 Å². The van der Waals surface area contributed by atoms with Gasteiger partial charge in [-0.1, -0.05) is 6.42 Å². The number of Topliss-reactive ketones (excluding diaryl/α,β-unsaturated/α-hetero) is 1. The Balaban J connectivity index is 2.16. The van der Waals surface area contributed by atoms with E-state index in [1.807, 2.05) is 0 Å². The van der Waals surface area contributed by atoms with Gasteiger partial charge in [-0.15, -0.1) is 0 Å². The zero-order chi connectivity index (χ0) is 9.31. The van der Waals surface area contributed by atoms with Crippen LogP contribution in [-0.4, -0.2) is 5.78 Å². The van der Waals surface area contributed by atoms with Crippen LogP contribution in [0.25, 0.3) is 0 Å². The van der Waals surface area contributed by atoms with Crippen molar-refractivity contribution < 1.29 is 4.79 Å². The maximum Gasteiger partial charge on any atom is 0.139 e. The number of nitrogens with zero attached hydrogens (tertiary/aromatic N) is 1. The van der Waals surface area contributed by atoms with E-state index in [4.69, 9.17) is 5.26 Å². The zero-order valence-corrected chi connectivity index (χ0v) is 7.88. The van der Waals surface area contributed by atoms with Crippen LogP contribution in [0.15, 0.2) is 0 Å². The van der Waals surface area contributed by atoms with Gasteiger partial charge in [-0.2, -0.15) is 5.26 Å². The van der Waals surface area contributed by atoms with E-state index in [-0.39, 0.29) is 5.41 Å². The summed E-state index contributed by atoms with van der Waals surface area (Å²) >= 11 is 0. The van der Waals surface area contributed by atoms with Crippen LogP contribution in [0.2, 0.25) is 0 Å². The topological polar surface area (TPSA) is 40.9 Å². The summed E-state index contributed by atoms with van der Waals surface area (Å²) < 4.78 is 0. The van der Waals surface area contributed by atoms with E-state index >= 15 is 0 Å². The number of rotatable bonds is 2. The SMILES string of the molecule is N#CCC[C@]12CCC[C@H]1CCC2=O. The Morgan fingerprint density at radius 3 is 3.15 bits per heavy atom. The average molecular weight is 177 g/mol. The molecule has 2 aliphatic carbocycles. The van der Waals surface area contributed by atoms with Crippen molar-refractivity contribution in [2.75, 3.05) is 0 Å². The fraction of sp³-hybridized carbons (Fsp3) is 0.818.